The normalized spacial score (nSPS) is 19.2. The monoisotopic (exact) mass is 345 g/mol. The minimum atomic E-state index is -0.672. The highest BCUT2D eigenvalue weighted by Gasteiger charge is 2.36. The van der Waals surface area contributed by atoms with Gasteiger partial charge in [0.1, 0.15) is 6.04 Å². The Balaban J connectivity index is 1.85. The number of rotatable bonds is 5. The molecule has 1 aromatic carbocycles. The maximum Gasteiger partial charge on any atom is 0.257 e. The summed E-state index contributed by atoms with van der Waals surface area (Å²) in [5.41, 5.74) is 0.814. The summed E-state index contributed by atoms with van der Waals surface area (Å²) in [6.07, 6.45) is -0.672. The number of hydrogen-bond acceptors (Lipinski definition) is 6. The summed E-state index contributed by atoms with van der Waals surface area (Å²) in [6, 6.07) is 9.04. The van der Waals surface area contributed by atoms with Crippen molar-refractivity contribution in [3.8, 4) is 0 Å². The number of methoxy groups -OCH3 is 1. The first-order valence-electron chi connectivity index (χ1n) is 8.41. The molecule has 1 fully saturated rings. The summed E-state index contributed by atoms with van der Waals surface area (Å²) in [5, 5.41) is 8.19. The first-order valence-corrected chi connectivity index (χ1v) is 8.41. The van der Waals surface area contributed by atoms with Crippen LogP contribution in [0.2, 0.25) is 0 Å². The molecule has 1 aliphatic rings. The van der Waals surface area contributed by atoms with Gasteiger partial charge in [-0.15, -0.1) is 10.2 Å². The maximum atomic E-state index is 13.1. The van der Waals surface area contributed by atoms with E-state index in [-0.39, 0.29) is 11.8 Å². The van der Waals surface area contributed by atoms with Gasteiger partial charge in [0, 0.05) is 19.6 Å². The molecule has 7 heteroatoms. The minimum absolute atomic E-state index is 0.131. The molecule has 1 aliphatic heterocycles. The van der Waals surface area contributed by atoms with Crippen LogP contribution in [0.15, 0.2) is 34.7 Å². The lowest BCUT2D eigenvalue weighted by molar-refractivity contribution is -0.152. The quantitative estimate of drug-likeness (QED) is 0.828. The standard InChI is InChI=1S/C18H23N3O4/c1-12(2)16-19-20-17(25-16)14-11-24-10-9-21(14)18(22)15(23-3)13-7-5-4-6-8-13/h4-8,12,14-15H,9-11H2,1-3H3/t14-,15+/m1/s1. The summed E-state index contributed by atoms with van der Waals surface area (Å²) in [7, 11) is 1.54. The SMILES string of the molecule is CO[C@H](C(=O)N1CCOC[C@@H]1c1nnc(C(C)C)o1)c1ccccc1. The molecule has 0 saturated carbocycles. The maximum absolute atomic E-state index is 13.1. The largest absolute Gasteiger partial charge is 0.423 e. The fourth-order valence-corrected chi connectivity index (χ4v) is 2.84. The van der Waals surface area contributed by atoms with Crippen molar-refractivity contribution in [2.45, 2.75) is 31.9 Å². The molecule has 0 spiro atoms. The molecular formula is C18H23N3O4. The second-order valence-electron chi connectivity index (χ2n) is 6.28. The summed E-state index contributed by atoms with van der Waals surface area (Å²) in [4.78, 5) is 14.8. The average Bonchev–Trinajstić information content (AvgIpc) is 3.13. The van der Waals surface area contributed by atoms with Crippen LogP contribution >= 0.6 is 0 Å². The van der Waals surface area contributed by atoms with Gasteiger partial charge in [-0.05, 0) is 5.56 Å². The number of aromatic nitrogens is 2. The molecule has 0 aliphatic carbocycles. The fourth-order valence-electron chi connectivity index (χ4n) is 2.84. The highest BCUT2D eigenvalue weighted by atomic mass is 16.5. The average molecular weight is 345 g/mol. The number of nitrogens with zero attached hydrogens (tertiary/aromatic N) is 3. The summed E-state index contributed by atoms with van der Waals surface area (Å²) in [5.74, 6) is 0.955. The van der Waals surface area contributed by atoms with Crippen LogP contribution in [-0.2, 0) is 14.3 Å². The van der Waals surface area contributed by atoms with Gasteiger partial charge >= 0.3 is 0 Å². The molecule has 0 bridgehead atoms. The second kappa shape index (κ2) is 7.76. The van der Waals surface area contributed by atoms with E-state index in [2.05, 4.69) is 10.2 Å². The van der Waals surface area contributed by atoms with E-state index in [0.29, 0.717) is 31.5 Å². The van der Waals surface area contributed by atoms with Crippen LogP contribution in [0.5, 0.6) is 0 Å². The van der Waals surface area contributed by atoms with Gasteiger partial charge in [0.05, 0.1) is 13.2 Å². The Kier molecular flexibility index (Phi) is 5.45. The third-order valence-electron chi connectivity index (χ3n) is 4.21. The van der Waals surface area contributed by atoms with E-state index in [1.165, 1.54) is 7.11 Å². The van der Waals surface area contributed by atoms with E-state index >= 15 is 0 Å². The van der Waals surface area contributed by atoms with Crippen molar-refractivity contribution in [1.29, 1.82) is 0 Å². The van der Waals surface area contributed by atoms with E-state index in [9.17, 15) is 4.79 Å². The number of ether oxygens (including phenoxy) is 2. The van der Waals surface area contributed by atoms with Crippen molar-refractivity contribution in [3.63, 3.8) is 0 Å². The van der Waals surface area contributed by atoms with Crippen molar-refractivity contribution in [2.24, 2.45) is 0 Å². The van der Waals surface area contributed by atoms with E-state index in [4.69, 9.17) is 13.9 Å². The summed E-state index contributed by atoms with van der Waals surface area (Å²) >= 11 is 0. The van der Waals surface area contributed by atoms with Gasteiger partial charge in [-0.1, -0.05) is 44.2 Å². The zero-order valence-electron chi connectivity index (χ0n) is 14.7. The van der Waals surface area contributed by atoms with Crippen LogP contribution in [0.3, 0.4) is 0 Å². The predicted octanol–water partition coefficient (Wildman–Crippen LogP) is 2.48. The molecule has 2 heterocycles. The van der Waals surface area contributed by atoms with Gasteiger partial charge in [-0.3, -0.25) is 4.79 Å². The highest BCUT2D eigenvalue weighted by molar-refractivity contribution is 5.82. The zero-order chi connectivity index (χ0) is 17.8. The van der Waals surface area contributed by atoms with Gasteiger partial charge in [0.25, 0.3) is 5.91 Å². The van der Waals surface area contributed by atoms with Crippen molar-refractivity contribution < 1.29 is 18.7 Å². The molecule has 7 nitrogen and oxygen atoms in total. The first-order chi connectivity index (χ1) is 12.1. The lowest BCUT2D eigenvalue weighted by Crippen LogP contribution is -2.46. The highest BCUT2D eigenvalue weighted by Crippen LogP contribution is 2.29. The molecule has 2 atom stereocenters. The number of carbonyl (C=O) groups excluding carboxylic acids is 1. The molecule has 3 rings (SSSR count). The first kappa shape index (κ1) is 17.6. The molecule has 25 heavy (non-hydrogen) atoms. The van der Waals surface area contributed by atoms with Gasteiger partial charge < -0.3 is 18.8 Å². The van der Waals surface area contributed by atoms with Gasteiger partial charge in [-0.2, -0.15) is 0 Å². The Bertz CT molecular complexity index is 701. The molecular weight excluding hydrogens is 322 g/mol. The molecule has 0 radical (unpaired) electrons. The Morgan fingerprint density at radius 3 is 2.68 bits per heavy atom. The van der Waals surface area contributed by atoms with Crippen LogP contribution in [0.1, 0.15) is 49.3 Å². The summed E-state index contributed by atoms with van der Waals surface area (Å²) < 4.78 is 16.8. The molecule has 134 valence electrons. The van der Waals surface area contributed by atoms with Crippen LogP contribution in [0, 0.1) is 0 Å². The van der Waals surface area contributed by atoms with Crippen LogP contribution in [-0.4, -0.2) is 47.9 Å². The van der Waals surface area contributed by atoms with E-state index in [0.717, 1.165) is 5.56 Å². The van der Waals surface area contributed by atoms with Crippen LogP contribution < -0.4 is 0 Å². The predicted molar refractivity (Wildman–Crippen MR) is 89.9 cm³/mol. The van der Waals surface area contributed by atoms with E-state index in [1.54, 1.807) is 4.90 Å². The zero-order valence-corrected chi connectivity index (χ0v) is 14.7. The van der Waals surface area contributed by atoms with Crippen LogP contribution in [0.25, 0.3) is 0 Å². The molecule has 0 unspecified atom stereocenters. The summed E-state index contributed by atoms with van der Waals surface area (Å²) in [6.45, 7) is 5.22. The minimum Gasteiger partial charge on any atom is -0.423 e. The van der Waals surface area contributed by atoms with Crippen molar-refractivity contribution in [3.05, 3.63) is 47.7 Å². The van der Waals surface area contributed by atoms with E-state index < -0.39 is 12.1 Å². The van der Waals surface area contributed by atoms with Gasteiger partial charge in [0.2, 0.25) is 11.8 Å². The number of benzene rings is 1. The topological polar surface area (TPSA) is 77.7 Å². The van der Waals surface area contributed by atoms with Crippen molar-refractivity contribution in [1.82, 2.24) is 15.1 Å². The molecule has 0 N–H and O–H groups in total. The Labute approximate surface area is 146 Å². The molecule has 2 aromatic rings. The molecule has 1 aromatic heterocycles. The Hall–Kier alpha value is -2.25. The van der Waals surface area contributed by atoms with Crippen molar-refractivity contribution >= 4 is 5.91 Å². The van der Waals surface area contributed by atoms with Crippen LogP contribution in [0.4, 0.5) is 0 Å². The third kappa shape index (κ3) is 3.72. The number of hydrogen-bond donors (Lipinski definition) is 0. The molecule has 1 saturated heterocycles. The Morgan fingerprint density at radius 2 is 2.04 bits per heavy atom. The number of amides is 1. The number of carbonyl (C=O) groups is 1. The third-order valence-corrected chi connectivity index (χ3v) is 4.21. The smallest absolute Gasteiger partial charge is 0.257 e. The fraction of sp³-hybridized carbons (Fsp3) is 0.500. The van der Waals surface area contributed by atoms with Gasteiger partial charge in [0.15, 0.2) is 6.10 Å². The lowest BCUT2D eigenvalue weighted by Gasteiger charge is -2.35. The molecule has 1 amide bonds. The lowest BCUT2D eigenvalue weighted by atomic mass is 10.1. The Morgan fingerprint density at radius 1 is 1.28 bits per heavy atom. The number of morpholine rings is 1. The van der Waals surface area contributed by atoms with E-state index in [1.807, 2.05) is 44.2 Å². The van der Waals surface area contributed by atoms with Crippen molar-refractivity contribution in [2.75, 3.05) is 26.9 Å². The van der Waals surface area contributed by atoms with Gasteiger partial charge in [-0.25, -0.2) is 0 Å². The second-order valence-corrected chi connectivity index (χ2v) is 6.28.